The highest BCUT2D eigenvalue weighted by Gasteiger charge is 2.54. The second kappa shape index (κ2) is 5.54. The monoisotopic (exact) mass is 297 g/mol. The molecule has 1 saturated carbocycles. The summed E-state index contributed by atoms with van der Waals surface area (Å²) in [4.78, 5) is 19.1. The summed E-state index contributed by atoms with van der Waals surface area (Å²) in [7, 11) is 0. The average Bonchev–Trinajstić information content (AvgIpc) is 3.03. The molecule has 0 N–H and O–H groups in total. The van der Waals surface area contributed by atoms with Gasteiger partial charge in [0.25, 0.3) is 5.91 Å². The Balaban J connectivity index is 1.54. The van der Waals surface area contributed by atoms with Gasteiger partial charge in [-0.15, -0.1) is 0 Å². The van der Waals surface area contributed by atoms with Crippen LogP contribution < -0.4 is 0 Å². The molecule has 1 aliphatic heterocycles. The maximum Gasteiger partial charge on any atom is 0.253 e. The topological polar surface area (TPSA) is 29.5 Å². The third kappa shape index (κ3) is 2.19. The highest BCUT2D eigenvalue weighted by atomic mass is 16.7. The van der Waals surface area contributed by atoms with Gasteiger partial charge in [0.05, 0.1) is 11.5 Å². The minimum absolute atomic E-state index is 0.133. The van der Waals surface area contributed by atoms with Crippen molar-refractivity contribution in [3.05, 3.63) is 48.0 Å². The van der Waals surface area contributed by atoms with Crippen LogP contribution in [0.4, 0.5) is 0 Å². The van der Waals surface area contributed by atoms with Gasteiger partial charge in [-0.1, -0.05) is 61.7 Å². The van der Waals surface area contributed by atoms with Gasteiger partial charge in [0.2, 0.25) is 0 Å². The molecule has 1 spiro atoms. The minimum Gasteiger partial charge on any atom is -0.272 e. The van der Waals surface area contributed by atoms with Gasteiger partial charge in [0.15, 0.2) is 0 Å². The molecular formula is C19H23NO2. The molecule has 1 amide bonds. The van der Waals surface area contributed by atoms with E-state index < -0.39 is 0 Å². The summed E-state index contributed by atoms with van der Waals surface area (Å²) in [6.07, 6.45) is 11.2. The number of hydroxylamine groups is 2. The second-order valence-electron chi connectivity index (χ2n) is 6.90. The van der Waals surface area contributed by atoms with Gasteiger partial charge in [-0.05, 0) is 30.7 Å². The molecule has 22 heavy (non-hydrogen) atoms. The molecule has 1 saturated heterocycles. The maximum atomic E-state index is 13.1. The lowest BCUT2D eigenvalue weighted by Gasteiger charge is -2.47. The van der Waals surface area contributed by atoms with Crippen LogP contribution in [0.1, 0.15) is 44.1 Å². The highest BCUT2D eigenvalue weighted by Crippen LogP contribution is 2.52. The van der Waals surface area contributed by atoms with E-state index in [2.05, 4.69) is 12.2 Å². The van der Waals surface area contributed by atoms with Crippen LogP contribution in [0, 0.1) is 11.3 Å². The quantitative estimate of drug-likeness (QED) is 0.793. The SMILES string of the molecule is O=C1N(OCc2ccccc2)C2C=CC(C2)C12CCCCC2. The van der Waals surface area contributed by atoms with E-state index in [9.17, 15) is 4.79 Å². The van der Waals surface area contributed by atoms with Crippen molar-refractivity contribution in [2.75, 3.05) is 0 Å². The summed E-state index contributed by atoms with van der Waals surface area (Å²) >= 11 is 0. The number of nitrogens with zero attached hydrogens (tertiary/aromatic N) is 1. The largest absolute Gasteiger partial charge is 0.272 e. The van der Waals surface area contributed by atoms with E-state index in [1.54, 1.807) is 5.06 Å². The zero-order valence-electron chi connectivity index (χ0n) is 12.9. The van der Waals surface area contributed by atoms with Crippen LogP contribution in [0.5, 0.6) is 0 Å². The van der Waals surface area contributed by atoms with Crippen LogP contribution in [0.2, 0.25) is 0 Å². The van der Waals surface area contributed by atoms with Crippen molar-refractivity contribution in [1.29, 1.82) is 0 Å². The standard InChI is InChI=1S/C19H23NO2/c21-18-19(11-5-2-6-12-19)16-9-10-17(13-16)20(18)22-14-15-7-3-1-4-8-15/h1,3-4,7-10,16-17H,2,5-6,11-14H2. The third-order valence-electron chi connectivity index (χ3n) is 5.66. The Hall–Kier alpha value is -1.61. The lowest BCUT2D eigenvalue weighted by molar-refractivity contribution is -0.225. The van der Waals surface area contributed by atoms with Crippen LogP contribution in [0.15, 0.2) is 42.5 Å². The molecule has 116 valence electrons. The molecule has 3 heteroatoms. The van der Waals surface area contributed by atoms with Crippen molar-refractivity contribution < 1.29 is 9.63 Å². The molecule has 1 heterocycles. The molecule has 1 aromatic rings. The number of fused-ring (bicyclic) bond motifs is 3. The number of carbonyl (C=O) groups is 1. The minimum atomic E-state index is -0.182. The number of allylic oxidation sites excluding steroid dienone is 1. The predicted octanol–water partition coefficient (Wildman–Crippen LogP) is 3.86. The third-order valence-corrected chi connectivity index (χ3v) is 5.66. The molecule has 1 aromatic carbocycles. The van der Waals surface area contributed by atoms with Crippen LogP contribution in [-0.2, 0) is 16.2 Å². The lowest BCUT2D eigenvalue weighted by Crippen LogP contribution is -2.55. The Kier molecular flexibility index (Phi) is 3.53. The number of benzene rings is 1. The Labute approximate surface area is 131 Å². The fourth-order valence-corrected chi connectivity index (χ4v) is 4.43. The van der Waals surface area contributed by atoms with Crippen LogP contribution in [-0.4, -0.2) is 17.0 Å². The van der Waals surface area contributed by atoms with Crippen molar-refractivity contribution in [3.8, 4) is 0 Å². The van der Waals surface area contributed by atoms with E-state index in [4.69, 9.17) is 4.84 Å². The summed E-state index contributed by atoms with van der Waals surface area (Å²) in [5.41, 5.74) is 0.926. The molecule has 2 fully saturated rings. The van der Waals surface area contributed by atoms with Crippen LogP contribution >= 0.6 is 0 Å². The molecular weight excluding hydrogens is 274 g/mol. The first-order chi connectivity index (χ1) is 10.8. The van der Waals surface area contributed by atoms with E-state index in [-0.39, 0.29) is 17.4 Å². The Morgan fingerprint density at radius 1 is 1.09 bits per heavy atom. The first-order valence-electron chi connectivity index (χ1n) is 8.48. The fourth-order valence-electron chi connectivity index (χ4n) is 4.43. The zero-order valence-corrected chi connectivity index (χ0v) is 12.9. The molecule has 2 bridgehead atoms. The number of amides is 1. The van der Waals surface area contributed by atoms with Gasteiger partial charge in [-0.2, -0.15) is 0 Å². The molecule has 3 nitrogen and oxygen atoms in total. The first-order valence-corrected chi connectivity index (χ1v) is 8.48. The predicted molar refractivity (Wildman–Crippen MR) is 84.6 cm³/mol. The van der Waals surface area contributed by atoms with Gasteiger partial charge in [-0.3, -0.25) is 9.63 Å². The summed E-state index contributed by atoms with van der Waals surface area (Å²) in [5, 5.41) is 1.69. The smallest absolute Gasteiger partial charge is 0.253 e. The summed E-state index contributed by atoms with van der Waals surface area (Å²) in [5.74, 6) is 0.663. The Morgan fingerprint density at radius 3 is 2.64 bits per heavy atom. The van der Waals surface area contributed by atoms with Gasteiger partial charge in [0.1, 0.15) is 6.61 Å². The number of hydrogen-bond donors (Lipinski definition) is 0. The zero-order chi connectivity index (χ0) is 15.0. The second-order valence-corrected chi connectivity index (χ2v) is 6.90. The molecule has 2 atom stereocenters. The Bertz CT molecular complexity index is 574. The average molecular weight is 297 g/mol. The van der Waals surface area contributed by atoms with Crippen molar-refractivity contribution in [2.24, 2.45) is 11.3 Å². The number of piperidine rings is 1. The van der Waals surface area contributed by atoms with Gasteiger partial charge in [-0.25, -0.2) is 5.06 Å². The van der Waals surface area contributed by atoms with Gasteiger partial charge < -0.3 is 0 Å². The van der Waals surface area contributed by atoms with E-state index in [0.29, 0.717) is 12.5 Å². The van der Waals surface area contributed by atoms with Crippen LogP contribution in [0.3, 0.4) is 0 Å². The molecule has 0 aromatic heterocycles. The molecule has 2 aliphatic carbocycles. The summed E-state index contributed by atoms with van der Waals surface area (Å²) in [6, 6.07) is 10.2. The van der Waals surface area contributed by atoms with Crippen molar-refractivity contribution in [2.45, 2.75) is 51.2 Å². The molecule has 0 radical (unpaired) electrons. The number of rotatable bonds is 3. The summed E-state index contributed by atoms with van der Waals surface area (Å²) < 4.78 is 0. The van der Waals surface area contributed by atoms with E-state index in [0.717, 1.165) is 24.8 Å². The van der Waals surface area contributed by atoms with E-state index in [1.165, 1.54) is 19.3 Å². The number of carbonyl (C=O) groups excluding carboxylic acids is 1. The maximum absolute atomic E-state index is 13.1. The molecule has 4 rings (SSSR count). The fraction of sp³-hybridized carbons (Fsp3) is 0.526. The van der Waals surface area contributed by atoms with Crippen LogP contribution in [0.25, 0.3) is 0 Å². The van der Waals surface area contributed by atoms with E-state index in [1.807, 2.05) is 30.3 Å². The van der Waals surface area contributed by atoms with Crippen molar-refractivity contribution >= 4 is 5.91 Å². The van der Waals surface area contributed by atoms with Crippen molar-refractivity contribution in [1.82, 2.24) is 5.06 Å². The molecule has 2 unspecified atom stereocenters. The molecule has 3 aliphatic rings. The number of hydrogen-bond acceptors (Lipinski definition) is 2. The highest BCUT2D eigenvalue weighted by molar-refractivity contribution is 5.84. The van der Waals surface area contributed by atoms with Gasteiger partial charge in [0, 0.05) is 0 Å². The normalized spacial score (nSPS) is 29.3. The first kappa shape index (κ1) is 14.0. The Morgan fingerprint density at radius 2 is 1.86 bits per heavy atom. The van der Waals surface area contributed by atoms with Gasteiger partial charge >= 0.3 is 0 Å². The lowest BCUT2D eigenvalue weighted by atomic mass is 9.63. The van der Waals surface area contributed by atoms with Crippen molar-refractivity contribution in [3.63, 3.8) is 0 Å². The van der Waals surface area contributed by atoms with E-state index >= 15 is 0 Å². The summed E-state index contributed by atoms with van der Waals surface area (Å²) in [6.45, 7) is 0.470.